The molecule has 9 nitrogen and oxygen atoms in total. The van der Waals surface area contributed by atoms with E-state index in [1.54, 1.807) is 18.7 Å². The summed E-state index contributed by atoms with van der Waals surface area (Å²) in [5.41, 5.74) is 2.89. The minimum Gasteiger partial charge on any atom is -0.467 e. The fraction of sp³-hybridized carbons (Fsp3) is 0.538. The number of hydrogen-bond acceptors (Lipinski definition) is 8. The highest BCUT2D eigenvalue weighted by Crippen LogP contribution is 2.36. The molecule has 5 heterocycles. The van der Waals surface area contributed by atoms with Crippen molar-refractivity contribution in [3.8, 4) is 11.8 Å². The van der Waals surface area contributed by atoms with E-state index < -0.39 is 6.17 Å². The molecule has 3 fully saturated rings. The average molecular weight is 495 g/mol. The van der Waals surface area contributed by atoms with Crippen LogP contribution in [0.1, 0.15) is 36.8 Å². The summed E-state index contributed by atoms with van der Waals surface area (Å²) in [6.45, 7) is 6.36. The van der Waals surface area contributed by atoms with Gasteiger partial charge in [-0.1, -0.05) is 0 Å². The highest BCUT2D eigenvalue weighted by molar-refractivity contribution is 5.82. The zero-order chi connectivity index (χ0) is 25.0. The number of hydrogen-bond donors (Lipinski definition) is 0. The Bertz CT molecular complexity index is 1310. The predicted molar refractivity (Wildman–Crippen MR) is 133 cm³/mol. The van der Waals surface area contributed by atoms with E-state index in [0.717, 1.165) is 40.8 Å². The van der Waals surface area contributed by atoms with Gasteiger partial charge in [0.15, 0.2) is 5.82 Å². The topological polar surface area (TPSA) is 85.6 Å². The number of aryl methyl sites for hydroxylation is 1. The Morgan fingerprint density at radius 2 is 2.06 bits per heavy atom. The van der Waals surface area contributed by atoms with Crippen LogP contribution in [-0.4, -0.2) is 88.6 Å². The first-order chi connectivity index (χ1) is 17.4. The molecule has 3 aliphatic rings. The number of piperidine rings is 1. The first kappa shape index (κ1) is 23.3. The SMILES string of the molecule is COc1nc(N2C[C@@H]3C[C@H]2CO3)cc(-n2ncc3cc(C)c(C4CCN(CC(C)=O)CC4F)cc32)n1. The molecular formula is C26H31FN6O3. The van der Waals surface area contributed by atoms with E-state index in [9.17, 15) is 4.79 Å². The van der Waals surface area contributed by atoms with Crippen molar-refractivity contribution in [3.05, 3.63) is 35.5 Å². The molecular weight excluding hydrogens is 463 g/mol. The first-order valence-corrected chi connectivity index (χ1v) is 12.6. The number of carbonyl (C=O) groups is 1. The predicted octanol–water partition coefficient (Wildman–Crippen LogP) is 2.83. The minimum atomic E-state index is -1.04. The van der Waals surface area contributed by atoms with Crippen molar-refractivity contribution < 1.29 is 18.7 Å². The molecule has 1 aromatic carbocycles. The van der Waals surface area contributed by atoms with Crippen LogP contribution in [0.25, 0.3) is 16.7 Å². The molecule has 4 atom stereocenters. The van der Waals surface area contributed by atoms with E-state index in [-0.39, 0.29) is 30.4 Å². The van der Waals surface area contributed by atoms with Gasteiger partial charge in [-0.25, -0.2) is 9.07 Å². The third kappa shape index (κ3) is 4.12. The van der Waals surface area contributed by atoms with E-state index in [2.05, 4.69) is 32.1 Å². The number of carbonyl (C=O) groups excluding carboxylic acids is 1. The molecule has 6 rings (SSSR count). The minimum absolute atomic E-state index is 0.0658. The maximum absolute atomic E-state index is 15.3. The quantitative estimate of drug-likeness (QED) is 0.517. The summed E-state index contributed by atoms with van der Waals surface area (Å²) in [5.74, 6) is 1.25. The number of likely N-dealkylation sites (tertiary alicyclic amines) is 1. The Morgan fingerprint density at radius 3 is 2.75 bits per heavy atom. The van der Waals surface area contributed by atoms with Gasteiger partial charge in [0.25, 0.3) is 0 Å². The van der Waals surface area contributed by atoms with Crippen LogP contribution in [0, 0.1) is 6.92 Å². The van der Waals surface area contributed by atoms with Crippen molar-refractivity contribution >= 4 is 22.5 Å². The second kappa shape index (κ2) is 9.08. The zero-order valence-electron chi connectivity index (χ0n) is 20.9. The molecule has 10 heteroatoms. The molecule has 3 aromatic rings. The number of halogens is 1. The van der Waals surface area contributed by atoms with Crippen molar-refractivity contribution in [1.29, 1.82) is 0 Å². The average Bonchev–Trinajstić information content (AvgIpc) is 3.59. The Labute approximate surface area is 209 Å². The molecule has 2 bridgehead atoms. The normalized spacial score (nSPS) is 26.2. The summed E-state index contributed by atoms with van der Waals surface area (Å²) in [6.07, 6.45) is 2.69. The largest absolute Gasteiger partial charge is 0.467 e. The van der Waals surface area contributed by atoms with E-state index in [1.807, 2.05) is 24.1 Å². The lowest BCUT2D eigenvalue weighted by Crippen LogP contribution is -2.42. The van der Waals surface area contributed by atoms with Gasteiger partial charge in [0.05, 0.1) is 44.1 Å². The zero-order valence-corrected chi connectivity index (χ0v) is 20.9. The van der Waals surface area contributed by atoms with Crippen LogP contribution in [-0.2, 0) is 9.53 Å². The molecule has 0 saturated carbocycles. The third-order valence-electron chi connectivity index (χ3n) is 7.70. The van der Waals surface area contributed by atoms with Crippen LogP contribution in [0.4, 0.5) is 10.2 Å². The van der Waals surface area contributed by atoms with Gasteiger partial charge in [-0.2, -0.15) is 15.1 Å². The number of fused-ring (bicyclic) bond motifs is 3. The lowest BCUT2D eigenvalue weighted by atomic mass is 9.85. The second-order valence-electron chi connectivity index (χ2n) is 10.2. The van der Waals surface area contributed by atoms with Crippen LogP contribution in [0.5, 0.6) is 6.01 Å². The Morgan fingerprint density at radius 1 is 1.22 bits per heavy atom. The van der Waals surface area contributed by atoms with Gasteiger partial charge >= 0.3 is 6.01 Å². The van der Waals surface area contributed by atoms with Gasteiger partial charge in [0.1, 0.15) is 17.8 Å². The van der Waals surface area contributed by atoms with Crippen LogP contribution in [0.2, 0.25) is 0 Å². The maximum Gasteiger partial charge on any atom is 0.320 e. The summed E-state index contributed by atoms with van der Waals surface area (Å²) in [4.78, 5) is 24.9. The molecule has 3 aliphatic heterocycles. The number of nitrogens with zero attached hydrogens (tertiary/aromatic N) is 6. The van der Waals surface area contributed by atoms with E-state index in [4.69, 9.17) is 9.47 Å². The second-order valence-corrected chi connectivity index (χ2v) is 10.2. The number of aromatic nitrogens is 4. The summed E-state index contributed by atoms with van der Waals surface area (Å²) in [7, 11) is 1.56. The number of Topliss-reactive ketones (excluding diaryl/α,β-unsaturated/α-hetero) is 1. The Kier molecular flexibility index (Phi) is 5.88. The molecule has 0 amide bonds. The molecule has 190 valence electrons. The highest BCUT2D eigenvalue weighted by Gasteiger charge is 2.40. The molecule has 2 unspecified atom stereocenters. The van der Waals surface area contributed by atoms with Crippen molar-refractivity contribution in [2.24, 2.45) is 0 Å². The van der Waals surface area contributed by atoms with E-state index in [0.29, 0.717) is 38.0 Å². The van der Waals surface area contributed by atoms with Gasteiger partial charge in [0, 0.05) is 30.5 Å². The number of alkyl halides is 1. The fourth-order valence-electron chi connectivity index (χ4n) is 5.99. The van der Waals surface area contributed by atoms with Gasteiger partial charge in [-0.15, -0.1) is 0 Å². The molecule has 0 spiro atoms. The number of benzene rings is 1. The van der Waals surface area contributed by atoms with Crippen LogP contribution >= 0.6 is 0 Å². The van der Waals surface area contributed by atoms with Crippen LogP contribution < -0.4 is 9.64 Å². The van der Waals surface area contributed by atoms with Crippen LogP contribution in [0.15, 0.2) is 24.4 Å². The lowest BCUT2D eigenvalue weighted by molar-refractivity contribution is -0.118. The van der Waals surface area contributed by atoms with E-state index in [1.165, 1.54) is 0 Å². The molecule has 0 N–H and O–H groups in total. The Hall–Kier alpha value is -3.11. The van der Waals surface area contributed by atoms with Crippen molar-refractivity contribution in [2.75, 3.05) is 44.8 Å². The number of ketones is 1. The molecule has 2 aromatic heterocycles. The highest BCUT2D eigenvalue weighted by atomic mass is 19.1. The number of morpholine rings is 1. The van der Waals surface area contributed by atoms with Crippen molar-refractivity contribution in [3.63, 3.8) is 0 Å². The van der Waals surface area contributed by atoms with Gasteiger partial charge < -0.3 is 14.4 Å². The Balaban J connectivity index is 1.35. The van der Waals surface area contributed by atoms with Gasteiger partial charge in [-0.3, -0.25) is 9.69 Å². The molecule has 0 radical (unpaired) electrons. The third-order valence-corrected chi connectivity index (χ3v) is 7.70. The number of anilines is 1. The van der Waals surface area contributed by atoms with Crippen molar-refractivity contribution in [2.45, 2.75) is 50.9 Å². The number of ether oxygens (including phenoxy) is 2. The van der Waals surface area contributed by atoms with Gasteiger partial charge in [0.2, 0.25) is 0 Å². The molecule has 36 heavy (non-hydrogen) atoms. The van der Waals surface area contributed by atoms with Gasteiger partial charge in [-0.05, 0) is 56.5 Å². The summed E-state index contributed by atoms with van der Waals surface area (Å²) < 4.78 is 28.3. The number of rotatable bonds is 6. The summed E-state index contributed by atoms with van der Waals surface area (Å²) in [5, 5.41) is 5.60. The fourth-order valence-corrected chi connectivity index (χ4v) is 5.99. The molecule has 3 saturated heterocycles. The maximum atomic E-state index is 15.3. The van der Waals surface area contributed by atoms with Crippen molar-refractivity contribution in [1.82, 2.24) is 24.6 Å². The lowest BCUT2D eigenvalue weighted by Gasteiger charge is -2.35. The summed E-state index contributed by atoms with van der Waals surface area (Å²) in [6, 6.07) is 6.65. The number of methoxy groups -OCH3 is 1. The van der Waals surface area contributed by atoms with Crippen LogP contribution in [0.3, 0.4) is 0 Å². The molecule has 0 aliphatic carbocycles. The smallest absolute Gasteiger partial charge is 0.320 e. The van der Waals surface area contributed by atoms with E-state index >= 15 is 4.39 Å². The monoisotopic (exact) mass is 494 g/mol. The first-order valence-electron chi connectivity index (χ1n) is 12.6. The summed E-state index contributed by atoms with van der Waals surface area (Å²) >= 11 is 0. The standard InChI is InChI=1S/C26H31FN6O3/c1-15-6-17-10-28-33(23(17)8-21(15)20-4-5-31(11-16(2)34)13-22(20)27)25-9-24(29-26(30-25)35-3)32-12-19-7-18(32)14-36-19/h6,8-10,18-20,22H,4-5,7,11-14H2,1-3H3/t18-,19-,20?,22?/m0/s1.